The third-order valence-electron chi connectivity index (χ3n) is 3.50. The lowest BCUT2D eigenvalue weighted by Gasteiger charge is -2.43. The van der Waals surface area contributed by atoms with Gasteiger partial charge in [0.05, 0.1) is 11.6 Å². The van der Waals surface area contributed by atoms with Crippen molar-refractivity contribution in [3.8, 4) is 6.07 Å². The SMILES string of the molecule is CN(C(=O)c1ccc(F)cc1Br)C1(C#N)CCC1. The molecule has 1 aromatic carbocycles. The number of hydrogen-bond donors (Lipinski definition) is 0. The lowest BCUT2D eigenvalue weighted by Crippen LogP contribution is -2.53. The van der Waals surface area contributed by atoms with Gasteiger partial charge in [0.25, 0.3) is 5.91 Å². The van der Waals surface area contributed by atoms with Crippen LogP contribution in [-0.2, 0) is 0 Å². The summed E-state index contributed by atoms with van der Waals surface area (Å²) in [7, 11) is 1.63. The molecule has 0 aromatic heterocycles. The minimum Gasteiger partial charge on any atom is -0.323 e. The van der Waals surface area contributed by atoms with E-state index in [0.717, 1.165) is 6.42 Å². The molecule has 1 aliphatic carbocycles. The maximum atomic E-state index is 13.0. The van der Waals surface area contributed by atoms with Crippen molar-refractivity contribution >= 4 is 21.8 Å². The highest BCUT2D eigenvalue weighted by Gasteiger charge is 2.43. The fourth-order valence-electron chi connectivity index (χ4n) is 2.07. The molecule has 1 aliphatic rings. The van der Waals surface area contributed by atoms with Crippen LogP contribution in [0.2, 0.25) is 0 Å². The number of carbonyl (C=O) groups excluding carboxylic acids is 1. The predicted octanol–water partition coefficient (Wildman–Crippen LogP) is 3.11. The van der Waals surface area contributed by atoms with Crippen LogP contribution in [0, 0.1) is 17.1 Å². The summed E-state index contributed by atoms with van der Waals surface area (Å²) in [5.74, 6) is -0.664. The third kappa shape index (κ3) is 2.01. The van der Waals surface area contributed by atoms with E-state index in [-0.39, 0.29) is 5.91 Å². The first kappa shape index (κ1) is 13.0. The quantitative estimate of drug-likeness (QED) is 0.842. The zero-order chi connectivity index (χ0) is 13.3. The summed E-state index contributed by atoms with van der Waals surface area (Å²) in [6.07, 6.45) is 2.35. The largest absolute Gasteiger partial charge is 0.323 e. The van der Waals surface area contributed by atoms with Crippen LogP contribution >= 0.6 is 15.9 Å². The first-order valence-electron chi connectivity index (χ1n) is 5.65. The maximum absolute atomic E-state index is 13.0. The summed E-state index contributed by atoms with van der Waals surface area (Å²) >= 11 is 3.17. The van der Waals surface area contributed by atoms with Crippen LogP contribution in [0.1, 0.15) is 29.6 Å². The molecule has 0 spiro atoms. The number of amides is 1. The Morgan fingerprint density at radius 1 is 1.56 bits per heavy atom. The fourth-order valence-corrected chi connectivity index (χ4v) is 2.59. The van der Waals surface area contributed by atoms with Gasteiger partial charge in [0.15, 0.2) is 0 Å². The number of benzene rings is 1. The highest BCUT2D eigenvalue weighted by Crippen LogP contribution is 2.37. The zero-order valence-electron chi connectivity index (χ0n) is 9.91. The topological polar surface area (TPSA) is 44.1 Å². The summed E-state index contributed by atoms with van der Waals surface area (Å²) in [5.41, 5.74) is -0.314. The molecule has 0 aliphatic heterocycles. The summed E-state index contributed by atoms with van der Waals surface area (Å²) < 4.78 is 13.4. The number of nitrogens with zero attached hydrogens (tertiary/aromatic N) is 2. The van der Waals surface area contributed by atoms with Gasteiger partial charge in [-0.25, -0.2) is 4.39 Å². The first-order chi connectivity index (χ1) is 8.50. The molecule has 3 nitrogen and oxygen atoms in total. The number of nitriles is 1. The van der Waals surface area contributed by atoms with Crippen molar-refractivity contribution in [2.24, 2.45) is 0 Å². The molecule has 94 valence electrons. The second-order valence-corrected chi connectivity index (χ2v) is 5.34. The molecule has 1 fully saturated rings. The van der Waals surface area contributed by atoms with Crippen LogP contribution in [0.15, 0.2) is 22.7 Å². The van der Waals surface area contributed by atoms with Gasteiger partial charge in [-0.2, -0.15) is 5.26 Å². The Labute approximate surface area is 113 Å². The van der Waals surface area contributed by atoms with Crippen molar-refractivity contribution in [3.63, 3.8) is 0 Å². The van der Waals surface area contributed by atoms with Crippen LogP contribution in [0.5, 0.6) is 0 Å². The van der Waals surface area contributed by atoms with Crippen molar-refractivity contribution < 1.29 is 9.18 Å². The summed E-state index contributed by atoms with van der Waals surface area (Å²) in [5, 5.41) is 9.20. The molecule has 1 saturated carbocycles. The average molecular weight is 311 g/mol. The molecule has 0 heterocycles. The number of hydrogen-bond acceptors (Lipinski definition) is 2. The minimum atomic E-state index is -0.690. The van der Waals surface area contributed by atoms with E-state index in [9.17, 15) is 14.4 Å². The monoisotopic (exact) mass is 310 g/mol. The molecule has 2 rings (SSSR count). The Hall–Kier alpha value is -1.41. The lowest BCUT2D eigenvalue weighted by atomic mass is 9.76. The lowest BCUT2D eigenvalue weighted by molar-refractivity contribution is 0.0496. The van der Waals surface area contributed by atoms with Crippen molar-refractivity contribution in [2.45, 2.75) is 24.8 Å². The number of halogens is 2. The van der Waals surface area contributed by atoms with E-state index in [1.165, 1.54) is 23.1 Å². The van der Waals surface area contributed by atoms with Crippen LogP contribution in [-0.4, -0.2) is 23.4 Å². The van der Waals surface area contributed by atoms with E-state index in [0.29, 0.717) is 22.9 Å². The van der Waals surface area contributed by atoms with Gasteiger partial charge in [-0.05, 0) is 53.4 Å². The highest BCUT2D eigenvalue weighted by molar-refractivity contribution is 9.10. The maximum Gasteiger partial charge on any atom is 0.256 e. The number of rotatable bonds is 2. The van der Waals surface area contributed by atoms with Gasteiger partial charge in [-0.1, -0.05) is 0 Å². The second kappa shape index (κ2) is 4.69. The Morgan fingerprint density at radius 3 is 2.67 bits per heavy atom. The standard InChI is InChI=1S/C13H12BrFN2O/c1-17(13(8-16)5-2-6-13)12(18)10-4-3-9(15)7-11(10)14/h3-4,7H,2,5-6H2,1H3. The Morgan fingerprint density at radius 2 is 2.22 bits per heavy atom. The molecular weight excluding hydrogens is 299 g/mol. The van der Waals surface area contributed by atoms with Gasteiger partial charge < -0.3 is 4.90 Å². The number of carbonyl (C=O) groups is 1. The molecule has 1 amide bonds. The van der Waals surface area contributed by atoms with Crippen LogP contribution in [0.25, 0.3) is 0 Å². The van der Waals surface area contributed by atoms with Crippen molar-refractivity contribution in [2.75, 3.05) is 7.05 Å². The summed E-state index contributed by atoms with van der Waals surface area (Å²) in [6, 6.07) is 6.14. The first-order valence-corrected chi connectivity index (χ1v) is 6.44. The molecule has 0 N–H and O–H groups in total. The van der Waals surface area contributed by atoms with E-state index >= 15 is 0 Å². The molecule has 1 aromatic rings. The van der Waals surface area contributed by atoms with Gasteiger partial charge in [-0.15, -0.1) is 0 Å². The third-order valence-corrected chi connectivity index (χ3v) is 4.15. The zero-order valence-corrected chi connectivity index (χ0v) is 11.5. The van der Waals surface area contributed by atoms with Crippen LogP contribution in [0.4, 0.5) is 4.39 Å². The second-order valence-electron chi connectivity index (χ2n) is 4.49. The molecular formula is C13H12BrFN2O. The van der Waals surface area contributed by atoms with Crippen LogP contribution in [0.3, 0.4) is 0 Å². The molecule has 0 saturated heterocycles. The van der Waals surface area contributed by atoms with E-state index < -0.39 is 11.4 Å². The summed E-state index contributed by atoms with van der Waals surface area (Å²) in [4.78, 5) is 13.8. The molecule has 0 atom stereocenters. The molecule has 18 heavy (non-hydrogen) atoms. The van der Waals surface area contributed by atoms with Crippen molar-refractivity contribution in [1.82, 2.24) is 4.90 Å². The molecule has 0 unspecified atom stereocenters. The van der Waals surface area contributed by atoms with E-state index in [1.807, 2.05) is 0 Å². The van der Waals surface area contributed by atoms with Gasteiger partial charge in [0.2, 0.25) is 0 Å². The van der Waals surface area contributed by atoms with Gasteiger partial charge in [0, 0.05) is 11.5 Å². The van der Waals surface area contributed by atoms with Gasteiger partial charge >= 0.3 is 0 Å². The predicted molar refractivity (Wildman–Crippen MR) is 68.4 cm³/mol. The van der Waals surface area contributed by atoms with Crippen molar-refractivity contribution in [1.29, 1.82) is 5.26 Å². The average Bonchev–Trinajstić information content (AvgIpc) is 2.27. The van der Waals surface area contributed by atoms with Gasteiger partial charge in [0.1, 0.15) is 11.4 Å². The Kier molecular flexibility index (Phi) is 3.40. The van der Waals surface area contributed by atoms with E-state index in [1.54, 1.807) is 7.05 Å². The van der Waals surface area contributed by atoms with Crippen LogP contribution < -0.4 is 0 Å². The molecule has 5 heteroatoms. The van der Waals surface area contributed by atoms with Crippen molar-refractivity contribution in [3.05, 3.63) is 34.1 Å². The Bertz CT molecular complexity index is 534. The molecule has 0 radical (unpaired) electrons. The fraction of sp³-hybridized carbons (Fsp3) is 0.385. The smallest absolute Gasteiger partial charge is 0.256 e. The van der Waals surface area contributed by atoms with E-state index in [2.05, 4.69) is 22.0 Å². The highest BCUT2D eigenvalue weighted by atomic mass is 79.9. The summed E-state index contributed by atoms with van der Waals surface area (Å²) in [6.45, 7) is 0. The van der Waals surface area contributed by atoms with E-state index in [4.69, 9.17) is 0 Å². The normalized spacial score (nSPS) is 16.6. The van der Waals surface area contributed by atoms with Gasteiger partial charge in [-0.3, -0.25) is 4.79 Å². The molecule has 0 bridgehead atoms. The Balaban J connectivity index is 2.29. The minimum absolute atomic E-state index is 0.261.